The summed E-state index contributed by atoms with van der Waals surface area (Å²) in [6.07, 6.45) is 0.0891. The molecule has 10 heteroatoms. The van der Waals surface area contributed by atoms with Gasteiger partial charge in [-0.25, -0.2) is 0 Å². The van der Waals surface area contributed by atoms with E-state index in [1.165, 1.54) is 0 Å². The lowest BCUT2D eigenvalue weighted by atomic mass is 10.4. The molecular weight excluding hydrogens is 336 g/mol. The van der Waals surface area contributed by atoms with E-state index in [1.807, 2.05) is 6.92 Å². The van der Waals surface area contributed by atoms with Crippen molar-refractivity contribution >= 4 is 23.9 Å². The predicted molar refractivity (Wildman–Crippen MR) is 83.0 cm³/mol. The van der Waals surface area contributed by atoms with Crippen LogP contribution >= 0.6 is 0 Å². The molecule has 0 bridgehead atoms. The van der Waals surface area contributed by atoms with E-state index in [-0.39, 0.29) is 44.7 Å². The molecule has 0 atom stereocenters. The Hall–Kier alpha value is -2.73. The summed E-state index contributed by atoms with van der Waals surface area (Å²) >= 11 is 0. The van der Waals surface area contributed by atoms with Gasteiger partial charge < -0.3 is 25.2 Å². The Morgan fingerprint density at radius 2 is 1.60 bits per heavy atom. The van der Waals surface area contributed by atoms with Crippen molar-refractivity contribution < 1.29 is 38.6 Å². The van der Waals surface area contributed by atoms with Crippen LogP contribution in [0, 0.1) is 11.8 Å². The molecule has 0 aliphatic heterocycles. The maximum Gasteiger partial charge on any atom is 0.373 e. The van der Waals surface area contributed by atoms with Gasteiger partial charge in [-0.1, -0.05) is 5.92 Å². The van der Waals surface area contributed by atoms with Crippen molar-refractivity contribution in [3.8, 4) is 11.8 Å². The second kappa shape index (κ2) is 19.3. The normalized spacial score (nSPS) is 8.68. The van der Waals surface area contributed by atoms with E-state index >= 15 is 0 Å². The smallest absolute Gasteiger partial charge is 0.373 e. The van der Waals surface area contributed by atoms with E-state index in [0.29, 0.717) is 19.8 Å². The van der Waals surface area contributed by atoms with Crippen molar-refractivity contribution in [2.75, 3.05) is 39.5 Å². The number of hydrogen-bond acceptors (Lipinski definition) is 7. The summed E-state index contributed by atoms with van der Waals surface area (Å²) in [4.78, 5) is 49.0. The summed E-state index contributed by atoms with van der Waals surface area (Å²) in [6, 6.07) is 0. The second-order valence-corrected chi connectivity index (χ2v) is 4.12. The molecule has 25 heavy (non-hydrogen) atoms. The maximum absolute atomic E-state index is 11.3. The molecule has 0 fully saturated rings. The Morgan fingerprint density at radius 1 is 1.00 bits per heavy atom. The van der Waals surface area contributed by atoms with Crippen LogP contribution in [0.5, 0.6) is 0 Å². The number of carboxylic acid groups (broad SMARTS) is 1. The van der Waals surface area contributed by atoms with Crippen molar-refractivity contribution in [1.82, 2.24) is 10.6 Å². The summed E-state index contributed by atoms with van der Waals surface area (Å²) < 4.78 is 10.0. The molecule has 0 aromatic carbocycles. The first-order valence-electron chi connectivity index (χ1n) is 7.37. The molecule has 0 heterocycles. The lowest BCUT2D eigenvalue weighted by Crippen LogP contribution is -2.27. The van der Waals surface area contributed by atoms with Gasteiger partial charge in [0.25, 0.3) is 5.91 Å². The molecule has 10 nitrogen and oxygen atoms in total. The van der Waals surface area contributed by atoms with Gasteiger partial charge in [0.15, 0.2) is 0 Å². The molecule has 0 saturated heterocycles. The Morgan fingerprint density at radius 3 is 2.20 bits per heavy atom. The third-order valence-corrected chi connectivity index (χ3v) is 2.22. The Labute approximate surface area is 145 Å². The monoisotopic (exact) mass is 358 g/mol. The lowest BCUT2D eigenvalue weighted by Gasteiger charge is -2.03. The topological polar surface area (TPSA) is 148 Å². The van der Waals surface area contributed by atoms with E-state index < -0.39 is 11.9 Å². The number of rotatable bonds is 11. The Balaban J connectivity index is 0. The lowest BCUT2D eigenvalue weighted by molar-refractivity contribution is -0.191. The number of carbonyl (C=O) groups is 3. The zero-order chi connectivity index (χ0) is 19.3. The molecule has 0 spiro atoms. The van der Waals surface area contributed by atoms with E-state index in [4.69, 9.17) is 24.2 Å². The van der Waals surface area contributed by atoms with Gasteiger partial charge in [0.1, 0.15) is 0 Å². The molecule has 0 rings (SSSR count). The van der Waals surface area contributed by atoms with E-state index in [9.17, 15) is 14.4 Å². The number of nitrogens with one attached hydrogen (secondary N) is 2. The number of ether oxygens (including phenoxy) is 2. The highest BCUT2D eigenvalue weighted by Crippen LogP contribution is 1.82. The molecule has 2 amide bonds. The van der Waals surface area contributed by atoms with Crippen LogP contribution in [0.25, 0.3) is 0 Å². The molecule has 0 aromatic rings. The average molecular weight is 358 g/mol. The fourth-order valence-corrected chi connectivity index (χ4v) is 1.22. The molecule has 0 aliphatic carbocycles. The Kier molecular flexibility index (Phi) is 18.9. The van der Waals surface area contributed by atoms with Gasteiger partial charge in [0, 0.05) is 19.7 Å². The molecule has 0 radical (unpaired) electrons. The zero-order valence-electron chi connectivity index (χ0n) is 14.0. The van der Waals surface area contributed by atoms with Gasteiger partial charge in [-0.3, -0.25) is 14.4 Å². The number of aliphatic carboxylic acids is 1. The zero-order valence-corrected chi connectivity index (χ0v) is 14.0. The van der Waals surface area contributed by atoms with Crippen molar-refractivity contribution in [3.05, 3.63) is 0 Å². The summed E-state index contributed by atoms with van der Waals surface area (Å²) in [5.41, 5.74) is 0. The van der Waals surface area contributed by atoms with Gasteiger partial charge in [-0.15, -0.1) is 0 Å². The third kappa shape index (κ3) is 23.7. The van der Waals surface area contributed by atoms with Gasteiger partial charge in [-0.05, 0) is 12.8 Å². The van der Waals surface area contributed by atoms with Crippen LogP contribution in [-0.4, -0.2) is 68.6 Å². The molecule has 0 unspecified atom stereocenters. The second-order valence-electron chi connectivity index (χ2n) is 4.12. The van der Waals surface area contributed by atoms with Crippen molar-refractivity contribution in [2.24, 2.45) is 0 Å². The minimum atomic E-state index is -0.932. The summed E-state index contributed by atoms with van der Waals surface area (Å²) in [7, 11) is 0. The standard InChI is InChI=1S/C14H22N2O6.CO2/c1-2-21-10-7-15-12(17)4-3-5-13(18)16-8-11-22-9-6-14(19)20;2-1-3/h2,5-11H2,1H3,(H,15,17)(H,16,18)(H,19,20);. The van der Waals surface area contributed by atoms with Crippen molar-refractivity contribution in [1.29, 1.82) is 0 Å². The van der Waals surface area contributed by atoms with Gasteiger partial charge in [-0.2, -0.15) is 9.59 Å². The minimum absolute atomic E-state index is 0.0716. The van der Waals surface area contributed by atoms with E-state index in [2.05, 4.69) is 22.5 Å². The number of carboxylic acids is 1. The van der Waals surface area contributed by atoms with Crippen LogP contribution in [0.1, 0.15) is 19.8 Å². The van der Waals surface area contributed by atoms with Gasteiger partial charge in [0.05, 0.1) is 32.7 Å². The largest absolute Gasteiger partial charge is 0.481 e. The first-order chi connectivity index (χ1) is 12.0. The molecule has 3 N–H and O–H groups in total. The molecular formula is C15H22N2O8. The quantitative estimate of drug-likeness (QED) is 0.300. The Bertz CT molecular complexity index is 489. The van der Waals surface area contributed by atoms with Crippen molar-refractivity contribution in [2.45, 2.75) is 19.8 Å². The van der Waals surface area contributed by atoms with Crippen LogP contribution in [-0.2, 0) is 33.4 Å². The highest BCUT2D eigenvalue weighted by atomic mass is 16.5. The number of hydrogen-bond donors (Lipinski definition) is 3. The maximum atomic E-state index is 11.3. The highest BCUT2D eigenvalue weighted by molar-refractivity contribution is 5.94. The summed E-state index contributed by atoms with van der Waals surface area (Å²) in [5.74, 6) is 3.05. The minimum Gasteiger partial charge on any atom is -0.481 e. The van der Waals surface area contributed by atoms with Crippen molar-refractivity contribution in [3.63, 3.8) is 0 Å². The van der Waals surface area contributed by atoms with Crippen LogP contribution in [0.2, 0.25) is 0 Å². The number of amides is 2. The first kappa shape index (κ1) is 24.5. The van der Waals surface area contributed by atoms with Crippen LogP contribution in [0.15, 0.2) is 0 Å². The molecule has 0 saturated carbocycles. The highest BCUT2D eigenvalue weighted by Gasteiger charge is 1.99. The van der Waals surface area contributed by atoms with Crippen LogP contribution in [0.4, 0.5) is 0 Å². The average Bonchev–Trinajstić information content (AvgIpc) is 2.55. The molecule has 0 aliphatic rings. The third-order valence-electron chi connectivity index (χ3n) is 2.22. The number of carbonyl (C=O) groups excluding carboxylic acids is 4. The van der Waals surface area contributed by atoms with Crippen LogP contribution in [0.3, 0.4) is 0 Å². The summed E-state index contributed by atoms with van der Waals surface area (Å²) in [5, 5.41) is 13.4. The van der Waals surface area contributed by atoms with Gasteiger partial charge in [0.2, 0.25) is 5.91 Å². The summed E-state index contributed by atoms with van der Waals surface area (Å²) in [6.45, 7) is 3.84. The SMILES string of the molecule is CCOCCNC(=O)C#CCC(=O)NCCOCCC(=O)O.O=C=O. The van der Waals surface area contributed by atoms with E-state index in [1.54, 1.807) is 0 Å². The fraction of sp³-hybridized carbons (Fsp3) is 0.600. The first-order valence-corrected chi connectivity index (χ1v) is 7.37. The van der Waals surface area contributed by atoms with E-state index in [0.717, 1.165) is 0 Å². The predicted octanol–water partition coefficient (Wildman–Crippen LogP) is -1.44. The molecule has 0 aromatic heterocycles. The molecule has 140 valence electrons. The fourth-order valence-electron chi connectivity index (χ4n) is 1.22. The van der Waals surface area contributed by atoms with Crippen LogP contribution < -0.4 is 10.6 Å². The van der Waals surface area contributed by atoms with Gasteiger partial charge >= 0.3 is 12.1 Å².